The van der Waals surface area contributed by atoms with E-state index in [1.165, 1.54) is 6.07 Å². The van der Waals surface area contributed by atoms with E-state index in [1.807, 2.05) is 41.3 Å². The second-order valence-electron chi connectivity index (χ2n) is 11.3. The van der Waals surface area contributed by atoms with E-state index in [0.717, 1.165) is 57.8 Å². The number of benzene rings is 2. The highest BCUT2D eigenvalue weighted by molar-refractivity contribution is 5.97. The molecule has 5 nitrogen and oxygen atoms in total. The number of carbonyl (C=O) groups excluding carboxylic acids is 2. The summed E-state index contributed by atoms with van der Waals surface area (Å²) in [6.07, 6.45) is 9.30. The zero-order valence-corrected chi connectivity index (χ0v) is 22.7. The maximum absolute atomic E-state index is 15.2. The SMILES string of the molecule is CCCN1CCCCN(C(=O)C2(c3ccccc3F)CCCC2)[C@@H]2CCCC[C@@H]2Oc2ccccc2C1=O. The van der Waals surface area contributed by atoms with Gasteiger partial charge in [-0.25, -0.2) is 4.39 Å². The molecule has 2 aromatic carbocycles. The third-order valence-electron chi connectivity index (χ3n) is 8.84. The molecular formula is C32H41FN2O3. The Labute approximate surface area is 226 Å². The molecule has 2 fully saturated rings. The predicted octanol–water partition coefficient (Wildman–Crippen LogP) is 6.50. The smallest absolute Gasteiger partial charge is 0.257 e. The van der Waals surface area contributed by atoms with Crippen LogP contribution >= 0.6 is 0 Å². The Balaban J connectivity index is 1.53. The minimum Gasteiger partial charge on any atom is -0.487 e. The molecule has 2 atom stereocenters. The van der Waals surface area contributed by atoms with Gasteiger partial charge in [0, 0.05) is 25.2 Å². The fourth-order valence-corrected chi connectivity index (χ4v) is 6.94. The molecule has 0 N–H and O–H groups in total. The molecule has 2 aromatic rings. The first kappa shape index (κ1) is 26.7. The zero-order chi connectivity index (χ0) is 26.5. The van der Waals surface area contributed by atoms with Gasteiger partial charge in [-0.3, -0.25) is 9.59 Å². The van der Waals surface area contributed by atoms with E-state index < -0.39 is 5.41 Å². The molecule has 1 heterocycles. The molecule has 0 spiro atoms. The van der Waals surface area contributed by atoms with Crippen LogP contribution in [0.25, 0.3) is 0 Å². The van der Waals surface area contributed by atoms with Crippen molar-refractivity contribution in [3.63, 3.8) is 0 Å². The molecule has 2 aliphatic carbocycles. The van der Waals surface area contributed by atoms with Gasteiger partial charge in [-0.15, -0.1) is 0 Å². The third kappa shape index (κ3) is 5.19. The van der Waals surface area contributed by atoms with Crippen LogP contribution in [0.5, 0.6) is 5.75 Å². The average molecular weight is 521 g/mol. The summed E-state index contributed by atoms with van der Waals surface area (Å²) in [5.41, 5.74) is 0.335. The lowest BCUT2D eigenvalue weighted by Crippen LogP contribution is -2.56. The standard InChI is InChI=1S/C32H41FN2O3/c1-2-21-34-22-11-12-23-35(31(37)32(19-9-10-20-32)25-14-4-5-15-26(25)33)27-16-6-8-18-29(27)38-28-17-7-3-13-24(28)30(34)36/h3-5,7,13-15,17,27,29H,2,6,8-12,16,18-23H2,1H3/t27-,29+/m1/s1. The summed E-state index contributed by atoms with van der Waals surface area (Å²) in [7, 11) is 0. The summed E-state index contributed by atoms with van der Waals surface area (Å²) >= 11 is 0. The number of halogens is 1. The lowest BCUT2D eigenvalue weighted by molar-refractivity contribution is -0.143. The van der Waals surface area contributed by atoms with E-state index in [1.54, 1.807) is 6.07 Å². The summed E-state index contributed by atoms with van der Waals surface area (Å²) in [4.78, 5) is 32.2. The molecule has 204 valence electrons. The van der Waals surface area contributed by atoms with E-state index in [4.69, 9.17) is 4.74 Å². The number of hydrogen-bond acceptors (Lipinski definition) is 3. The Kier molecular flexibility index (Phi) is 8.35. The molecule has 5 rings (SSSR count). The van der Waals surface area contributed by atoms with Gasteiger partial charge in [-0.2, -0.15) is 0 Å². The number of ether oxygens (including phenoxy) is 1. The molecule has 0 aromatic heterocycles. The molecule has 38 heavy (non-hydrogen) atoms. The summed E-state index contributed by atoms with van der Waals surface area (Å²) < 4.78 is 21.9. The van der Waals surface area contributed by atoms with Gasteiger partial charge in [-0.05, 0) is 69.6 Å². The van der Waals surface area contributed by atoms with Crippen LogP contribution in [-0.4, -0.2) is 53.4 Å². The maximum atomic E-state index is 15.2. The van der Waals surface area contributed by atoms with Crippen LogP contribution in [0.4, 0.5) is 4.39 Å². The van der Waals surface area contributed by atoms with Crippen molar-refractivity contribution in [2.75, 3.05) is 19.6 Å². The summed E-state index contributed by atoms with van der Waals surface area (Å²) in [6, 6.07) is 14.3. The summed E-state index contributed by atoms with van der Waals surface area (Å²) in [6.45, 7) is 4.03. The summed E-state index contributed by atoms with van der Waals surface area (Å²) in [5, 5.41) is 0. The highest BCUT2D eigenvalue weighted by atomic mass is 19.1. The van der Waals surface area contributed by atoms with Gasteiger partial charge < -0.3 is 14.5 Å². The number of hydrogen-bond donors (Lipinski definition) is 0. The molecule has 2 saturated carbocycles. The van der Waals surface area contributed by atoms with Gasteiger partial charge in [0.05, 0.1) is 17.0 Å². The largest absolute Gasteiger partial charge is 0.487 e. The number of fused-ring (bicyclic) bond motifs is 2. The van der Waals surface area contributed by atoms with Gasteiger partial charge in [0.1, 0.15) is 17.7 Å². The molecular weight excluding hydrogens is 479 g/mol. The van der Waals surface area contributed by atoms with E-state index in [9.17, 15) is 9.59 Å². The van der Waals surface area contributed by atoms with Gasteiger partial charge in [0.25, 0.3) is 5.91 Å². The first-order chi connectivity index (χ1) is 18.5. The van der Waals surface area contributed by atoms with Crippen LogP contribution in [0.15, 0.2) is 48.5 Å². The first-order valence-electron chi connectivity index (χ1n) is 14.7. The van der Waals surface area contributed by atoms with E-state index in [2.05, 4.69) is 11.8 Å². The molecule has 1 aliphatic heterocycles. The predicted molar refractivity (Wildman–Crippen MR) is 147 cm³/mol. The normalized spacial score (nSPS) is 24.0. The van der Waals surface area contributed by atoms with E-state index >= 15 is 4.39 Å². The van der Waals surface area contributed by atoms with Crippen LogP contribution in [0.2, 0.25) is 0 Å². The molecule has 0 saturated heterocycles. The average Bonchev–Trinajstić information content (AvgIpc) is 3.43. The second kappa shape index (κ2) is 11.9. The molecule has 0 bridgehead atoms. The van der Waals surface area contributed by atoms with Crippen molar-refractivity contribution in [3.8, 4) is 5.75 Å². The van der Waals surface area contributed by atoms with Crippen LogP contribution in [0.3, 0.4) is 0 Å². The van der Waals surface area contributed by atoms with Crippen LogP contribution in [0.1, 0.15) is 93.5 Å². The van der Waals surface area contributed by atoms with Crippen molar-refractivity contribution in [3.05, 3.63) is 65.5 Å². The number of carbonyl (C=O) groups is 2. The molecule has 3 aliphatic rings. The Bertz CT molecular complexity index is 1130. The monoisotopic (exact) mass is 520 g/mol. The molecule has 6 heteroatoms. The quantitative estimate of drug-likeness (QED) is 0.462. The Morgan fingerprint density at radius 2 is 1.66 bits per heavy atom. The topological polar surface area (TPSA) is 49.9 Å². The number of para-hydroxylation sites is 1. The van der Waals surface area contributed by atoms with Crippen LogP contribution in [-0.2, 0) is 10.2 Å². The van der Waals surface area contributed by atoms with Gasteiger partial charge in [0.15, 0.2) is 0 Å². The van der Waals surface area contributed by atoms with Crippen LogP contribution in [0, 0.1) is 5.82 Å². The zero-order valence-electron chi connectivity index (χ0n) is 22.7. The van der Waals surface area contributed by atoms with E-state index in [-0.39, 0.29) is 29.8 Å². The van der Waals surface area contributed by atoms with Gasteiger partial charge in [0.2, 0.25) is 5.91 Å². The minimum atomic E-state index is -0.813. The minimum absolute atomic E-state index is 0.0211. The highest BCUT2D eigenvalue weighted by Crippen LogP contribution is 2.45. The van der Waals surface area contributed by atoms with Gasteiger partial charge in [-0.1, -0.05) is 56.5 Å². The van der Waals surface area contributed by atoms with Crippen molar-refractivity contribution in [2.45, 2.75) is 95.1 Å². The first-order valence-corrected chi connectivity index (χ1v) is 14.7. The van der Waals surface area contributed by atoms with E-state index in [0.29, 0.717) is 49.4 Å². The number of rotatable bonds is 4. The molecule has 0 radical (unpaired) electrons. The molecule has 2 amide bonds. The second-order valence-corrected chi connectivity index (χ2v) is 11.3. The van der Waals surface area contributed by atoms with Crippen molar-refractivity contribution in [1.29, 1.82) is 0 Å². The Hall–Kier alpha value is -2.89. The lowest BCUT2D eigenvalue weighted by Gasteiger charge is -2.44. The number of nitrogens with zero attached hydrogens (tertiary/aromatic N) is 2. The fraction of sp³-hybridized carbons (Fsp3) is 0.562. The number of amides is 2. The van der Waals surface area contributed by atoms with Crippen molar-refractivity contribution in [2.24, 2.45) is 0 Å². The van der Waals surface area contributed by atoms with Crippen molar-refractivity contribution in [1.82, 2.24) is 9.80 Å². The lowest BCUT2D eigenvalue weighted by atomic mass is 9.76. The molecule has 0 unspecified atom stereocenters. The Morgan fingerprint density at radius 3 is 2.45 bits per heavy atom. The summed E-state index contributed by atoms with van der Waals surface area (Å²) in [5.74, 6) is 0.407. The Morgan fingerprint density at radius 1 is 0.947 bits per heavy atom. The van der Waals surface area contributed by atoms with Crippen molar-refractivity contribution >= 4 is 11.8 Å². The van der Waals surface area contributed by atoms with Crippen molar-refractivity contribution < 1.29 is 18.7 Å². The highest BCUT2D eigenvalue weighted by Gasteiger charge is 2.49. The third-order valence-corrected chi connectivity index (χ3v) is 8.84. The van der Waals surface area contributed by atoms with Crippen LogP contribution < -0.4 is 4.74 Å². The maximum Gasteiger partial charge on any atom is 0.257 e. The fourth-order valence-electron chi connectivity index (χ4n) is 6.94. The van der Waals surface area contributed by atoms with Gasteiger partial charge >= 0.3 is 0 Å².